The molecule has 5 fully saturated rings. The van der Waals surface area contributed by atoms with Gasteiger partial charge in [-0.25, -0.2) is 0 Å². The summed E-state index contributed by atoms with van der Waals surface area (Å²) in [5, 5.41) is 0. The molecule has 14 rings (SSSR count). The highest BCUT2D eigenvalue weighted by molar-refractivity contribution is 5.85. The lowest BCUT2D eigenvalue weighted by molar-refractivity contribution is -0.0651. The van der Waals surface area contributed by atoms with Crippen LogP contribution in [0.3, 0.4) is 0 Å². The molecule has 0 aromatic heterocycles. The predicted octanol–water partition coefficient (Wildman–Crippen LogP) is 14.8. The molecule has 3 atom stereocenters. The van der Waals surface area contributed by atoms with Crippen LogP contribution in [0.15, 0.2) is 146 Å². The third kappa shape index (κ3) is 6.83. The molecule has 6 aliphatic heterocycles. The summed E-state index contributed by atoms with van der Waals surface area (Å²) >= 11 is 0. The van der Waals surface area contributed by atoms with Crippen LogP contribution in [0.25, 0.3) is 0 Å². The fourth-order valence-corrected chi connectivity index (χ4v) is 15.1. The minimum absolute atomic E-state index is 0.401. The molecule has 6 aromatic carbocycles. The normalized spacial score (nSPS) is 28.7. The molecule has 0 radical (unpaired) electrons. The van der Waals surface area contributed by atoms with Gasteiger partial charge >= 0.3 is 0 Å². The highest BCUT2D eigenvalue weighted by Gasteiger charge is 2.65. The van der Waals surface area contributed by atoms with Crippen LogP contribution >= 0.6 is 0 Å². The van der Waals surface area contributed by atoms with E-state index in [0.717, 1.165) is 32.9 Å². The smallest absolute Gasteiger partial charge is 0.171 e. The second-order valence-corrected chi connectivity index (χ2v) is 22.0. The second-order valence-electron chi connectivity index (χ2n) is 22.0. The van der Waals surface area contributed by atoms with Gasteiger partial charge in [0, 0.05) is 81.7 Å². The van der Waals surface area contributed by atoms with Crippen LogP contribution in [-0.2, 0) is 0 Å². The van der Waals surface area contributed by atoms with Gasteiger partial charge in [-0.2, -0.15) is 0 Å². The molecule has 2 aliphatic carbocycles. The predicted molar refractivity (Wildman–Crippen MR) is 286 cm³/mol. The van der Waals surface area contributed by atoms with E-state index in [9.17, 15) is 0 Å². The van der Waals surface area contributed by atoms with Crippen LogP contribution in [0, 0.1) is 32.6 Å². The van der Waals surface area contributed by atoms with Crippen LogP contribution in [0.4, 0.5) is 51.2 Å². The molecule has 2 saturated carbocycles. The number of rotatable bonds is 3. The maximum absolute atomic E-state index is 2.67. The Balaban J connectivity index is 0.000000112. The van der Waals surface area contributed by atoms with Crippen molar-refractivity contribution in [2.75, 3.05) is 41.9 Å². The summed E-state index contributed by atoms with van der Waals surface area (Å²) in [5.74, 6) is 2.02. The molecule has 0 N–H and O–H groups in total. The molecule has 6 heteroatoms. The van der Waals surface area contributed by atoms with Crippen molar-refractivity contribution in [2.24, 2.45) is 11.8 Å². The third-order valence-electron chi connectivity index (χ3n) is 18.4. The molecule has 6 aromatic rings. The number of aryl methyl sites for hydroxylation is 3. The van der Waals surface area contributed by atoms with Gasteiger partial charge in [0.05, 0.1) is 39.3 Å². The lowest BCUT2D eigenvalue weighted by Gasteiger charge is -2.62. The molecule has 4 bridgehead atoms. The third-order valence-corrected chi connectivity index (χ3v) is 18.4. The molecule has 3 unspecified atom stereocenters. The van der Waals surface area contributed by atoms with Crippen molar-refractivity contribution < 1.29 is 0 Å². The first-order chi connectivity index (χ1) is 32.5. The Kier molecular flexibility index (Phi) is 11.2. The first-order valence-electron chi connectivity index (χ1n) is 25.9. The largest absolute Gasteiger partial charge is 0.286 e. The molecule has 346 valence electrons. The average molecular weight is 892 g/mol. The van der Waals surface area contributed by atoms with Crippen molar-refractivity contribution in [3.05, 3.63) is 162 Å². The number of hydrogen-bond acceptors (Lipinski definition) is 3. The summed E-state index contributed by atoms with van der Waals surface area (Å²) in [4.78, 5) is 7.72. The average Bonchev–Trinajstić information content (AvgIpc) is 3.82. The van der Waals surface area contributed by atoms with Crippen molar-refractivity contribution in [1.29, 1.82) is 0 Å². The summed E-state index contributed by atoms with van der Waals surface area (Å²) in [7, 11) is 4.56. The molecule has 6 heterocycles. The second kappa shape index (κ2) is 17.0. The van der Waals surface area contributed by atoms with E-state index in [-0.39, 0.29) is 0 Å². The summed E-state index contributed by atoms with van der Waals surface area (Å²) < 4.78 is 3.28. The van der Waals surface area contributed by atoms with E-state index >= 15 is 0 Å². The lowest BCUT2D eigenvalue weighted by atomic mass is 9.62. The van der Waals surface area contributed by atoms with Gasteiger partial charge in [0.25, 0.3) is 0 Å². The fraction of sp³-hybridized carbons (Fsp3) is 0.410. The topological polar surface area (TPSA) is 9.72 Å². The van der Waals surface area contributed by atoms with E-state index in [0.29, 0.717) is 18.5 Å². The monoisotopic (exact) mass is 892 g/mol. The molecular weight excluding hydrogens is 817 g/mol. The van der Waals surface area contributed by atoms with Gasteiger partial charge in [0.2, 0.25) is 0 Å². The Morgan fingerprint density at radius 3 is 1.21 bits per heavy atom. The highest BCUT2D eigenvalue weighted by atomic mass is 15.6. The van der Waals surface area contributed by atoms with Gasteiger partial charge < -0.3 is 0 Å². The number of para-hydroxylation sites is 9. The van der Waals surface area contributed by atoms with Gasteiger partial charge in [-0.15, -0.1) is 0 Å². The Labute approximate surface area is 402 Å². The molecule has 6 nitrogen and oxygen atoms in total. The van der Waals surface area contributed by atoms with Crippen LogP contribution in [0.1, 0.15) is 88.8 Å². The summed E-state index contributed by atoms with van der Waals surface area (Å²) in [5.41, 5.74) is 16.9. The minimum atomic E-state index is 0.401. The van der Waals surface area contributed by atoms with E-state index < -0.39 is 0 Å². The molecular formula is C61H75N6+3. The van der Waals surface area contributed by atoms with Gasteiger partial charge in [-0.3, -0.25) is 28.1 Å². The quantitative estimate of drug-likeness (QED) is 0.164. The standard InChI is InChI=1S/C24H29N2.C20H25N2.C17H21N2/c1-16-7-3-4-8-22(16)25-17(2)26(24-10-6-5-9-23(24)25)20-12-18-11-19(14-20)15-21(26)13-18;1-16-10-4-5-11-18(16)21-17(2)22(14-8-3-9-15-22)20-13-7-6-12-19(20)21;1-13-9-5-6-10-15(13)18-14(2)19(3,4)17-12-8-7-11-16(17)18/h3-10,17-21H,11-15H2,1-2H3;4-7,10-13,17H,3,8-9,14-15H2,1-2H3;5-12,14H,1-4H3/q3*+1. The van der Waals surface area contributed by atoms with Crippen molar-refractivity contribution in [3.63, 3.8) is 0 Å². The first-order valence-corrected chi connectivity index (χ1v) is 25.9. The first kappa shape index (κ1) is 44.1. The summed E-state index contributed by atoms with van der Waals surface area (Å²) in [6.45, 7) is 16.5. The van der Waals surface area contributed by atoms with Gasteiger partial charge in [0.15, 0.2) is 35.6 Å². The fourth-order valence-electron chi connectivity index (χ4n) is 15.1. The Hall–Kier alpha value is -5.40. The zero-order valence-corrected chi connectivity index (χ0v) is 41.7. The number of benzene rings is 6. The number of hydrogen-bond donors (Lipinski definition) is 0. The number of piperidine rings is 3. The van der Waals surface area contributed by atoms with Gasteiger partial charge in [-0.1, -0.05) is 91.0 Å². The van der Waals surface area contributed by atoms with E-state index in [1.165, 1.54) is 131 Å². The van der Waals surface area contributed by atoms with Gasteiger partial charge in [-0.05, 0) is 111 Å². The molecule has 2 spiro atoms. The Bertz CT molecular complexity index is 2740. The number of anilines is 6. The van der Waals surface area contributed by atoms with E-state index in [2.05, 4.69) is 216 Å². The number of quaternary nitrogens is 3. The minimum Gasteiger partial charge on any atom is -0.286 e. The zero-order chi connectivity index (χ0) is 46.2. The van der Waals surface area contributed by atoms with E-state index in [1.807, 2.05) is 0 Å². The molecule has 0 amide bonds. The van der Waals surface area contributed by atoms with Crippen molar-refractivity contribution in [3.8, 4) is 0 Å². The van der Waals surface area contributed by atoms with Crippen molar-refractivity contribution in [1.82, 2.24) is 13.4 Å². The van der Waals surface area contributed by atoms with Crippen LogP contribution in [-0.4, -0.2) is 57.8 Å². The zero-order valence-electron chi connectivity index (χ0n) is 41.7. The number of fused-ring (bicyclic) bond motifs is 4. The Morgan fingerprint density at radius 1 is 0.373 bits per heavy atom. The van der Waals surface area contributed by atoms with Crippen molar-refractivity contribution >= 4 is 51.2 Å². The Morgan fingerprint density at radius 2 is 0.731 bits per heavy atom. The van der Waals surface area contributed by atoms with Crippen molar-refractivity contribution in [2.45, 2.75) is 123 Å². The molecule has 67 heavy (non-hydrogen) atoms. The number of nitrogens with zero attached hydrogens (tertiary/aromatic N) is 6. The van der Waals surface area contributed by atoms with E-state index in [4.69, 9.17) is 0 Å². The summed E-state index contributed by atoms with van der Waals surface area (Å²) in [6.07, 6.45) is 12.8. The van der Waals surface area contributed by atoms with Crippen LogP contribution in [0.2, 0.25) is 0 Å². The SMILES string of the molecule is Cc1ccccc1N1c2ccccc2[N+](C)(C)C1C.Cc1ccccc1N1c2ccccc2[N+]2(C3CC4CC(C3)CC2C4)C1C.Cc1ccccc1N1c2ccccc2[N+]2(CCCCC2)C1C. The summed E-state index contributed by atoms with van der Waals surface area (Å²) in [6, 6.07) is 55.1. The highest BCUT2D eigenvalue weighted by Crippen LogP contribution is 2.62. The van der Waals surface area contributed by atoms with E-state index in [1.54, 1.807) is 5.69 Å². The lowest BCUT2D eigenvalue weighted by Crippen LogP contribution is -2.75. The van der Waals surface area contributed by atoms with Crippen LogP contribution in [0.5, 0.6) is 0 Å². The molecule has 8 aliphatic rings. The van der Waals surface area contributed by atoms with Gasteiger partial charge in [0.1, 0.15) is 17.1 Å². The van der Waals surface area contributed by atoms with Crippen LogP contribution < -0.4 is 28.1 Å². The molecule has 3 saturated heterocycles. The maximum Gasteiger partial charge on any atom is 0.171 e. The maximum atomic E-state index is 2.67.